The van der Waals surface area contributed by atoms with Crippen molar-refractivity contribution in [3.8, 4) is 0 Å². The molecule has 0 radical (unpaired) electrons. The van der Waals surface area contributed by atoms with E-state index >= 15 is 0 Å². The summed E-state index contributed by atoms with van der Waals surface area (Å²) in [6, 6.07) is 10.6. The first-order valence-corrected chi connectivity index (χ1v) is 9.48. The molecular weight excluding hydrogens is 384 g/mol. The van der Waals surface area contributed by atoms with E-state index in [9.17, 15) is 9.59 Å². The van der Waals surface area contributed by atoms with Crippen molar-refractivity contribution in [1.82, 2.24) is 10.3 Å². The average molecular weight is 410 g/mol. The van der Waals surface area contributed by atoms with Crippen LogP contribution in [0.4, 0.5) is 5.82 Å². The van der Waals surface area contributed by atoms with Gasteiger partial charge >= 0.3 is 0 Å². The molecule has 1 amide bonds. The predicted molar refractivity (Wildman–Crippen MR) is 117 cm³/mol. The Hall–Kier alpha value is -3.75. The number of hydrogen-bond acceptors (Lipinski definition) is 7. The van der Waals surface area contributed by atoms with Crippen molar-refractivity contribution in [2.24, 2.45) is 15.8 Å². The van der Waals surface area contributed by atoms with Gasteiger partial charge in [-0.25, -0.2) is 9.98 Å². The predicted octanol–water partition coefficient (Wildman–Crippen LogP) is 2.20. The van der Waals surface area contributed by atoms with Crippen LogP contribution in [0.2, 0.25) is 0 Å². The topological polar surface area (TPSA) is 131 Å². The van der Waals surface area contributed by atoms with Crippen LogP contribution < -0.4 is 16.5 Å². The molecule has 30 heavy (non-hydrogen) atoms. The quantitative estimate of drug-likeness (QED) is 0.181. The van der Waals surface area contributed by atoms with Gasteiger partial charge in [0.25, 0.3) is 11.9 Å². The first kappa shape index (κ1) is 22.5. The number of unbranched alkanes of at least 4 members (excludes halogenated alkanes) is 1. The molecule has 0 aliphatic heterocycles. The second-order valence-electron chi connectivity index (χ2n) is 6.37. The Kier molecular flexibility index (Phi) is 8.98. The fourth-order valence-electron chi connectivity index (χ4n) is 2.36. The summed E-state index contributed by atoms with van der Waals surface area (Å²) in [7, 11) is 1.47. The lowest BCUT2D eigenvalue weighted by atomic mass is 10.1. The molecular formula is C21H26N6O3. The summed E-state index contributed by atoms with van der Waals surface area (Å²) in [6.45, 7) is 2.61. The molecule has 2 rings (SSSR count). The van der Waals surface area contributed by atoms with Gasteiger partial charge in [0.1, 0.15) is 5.82 Å². The van der Waals surface area contributed by atoms with Gasteiger partial charge in [-0.1, -0.05) is 12.1 Å². The minimum Gasteiger partial charge on any atom is -0.469 e. The van der Waals surface area contributed by atoms with E-state index in [4.69, 9.17) is 10.5 Å². The van der Waals surface area contributed by atoms with E-state index in [1.54, 1.807) is 42.6 Å². The molecule has 0 unspecified atom stereocenters. The van der Waals surface area contributed by atoms with Crippen molar-refractivity contribution >= 4 is 29.7 Å². The van der Waals surface area contributed by atoms with Gasteiger partial charge in [0, 0.05) is 30.4 Å². The van der Waals surface area contributed by atoms with Crippen LogP contribution in [0.3, 0.4) is 0 Å². The number of aromatic nitrogens is 1. The first-order chi connectivity index (χ1) is 14.5. The van der Waals surface area contributed by atoms with E-state index in [2.05, 4.69) is 25.8 Å². The second kappa shape index (κ2) is 11.9. The number of hydrogen-bond donors (Lipinski definition) is 3. The molecule has 0 aliphatic rings. The smallest absolute Gasteiger partial charge is 0.281 e. The van der Waals surface area contributed by atoms with Gasteiger partial charge in [0.2, 0.25) is 0 Å². The maximum Gasteiger partial charge on any atom is 0.281 e. The van der Waals surface area contributed by atoms with Gasteiger partial charge < -0.3 is 15.8 Å². The molecule has 1 heterocycles. The first-order valence-electron chi connectivity index (χ1n) is 9.48. The number of Topliss-reactive ketones (excluding diaryl/α,β-unsaturated/α-hetero) is 1. The molecule has 0 saturated carbocycles. The van der Waals surface area contributed by atoms with E-state index < -0.39 is 0 Å². The maximum atomic E-state index is 12.2. The number of nitrogens with two attached hydrogens (primary N) is 1. The number of aliphatic imine (C=N–C) groups is 1. The van der Waals surface area contributed by atoms with Crippen LogP contribution in [0.5, 0.6) is 0 Å². The van der Waals surface area contributed by atoms with E-state index in [0.717, 1.165) is 18.4 Å². The third kappa shape index (κ3) is 7.70. The molecule has 0 atom stereocenters. The molecule has 9 heteroatoms. The molecule has 9 nitrogen and oxygen atoms in total. The number of pyridine rings is 1. The highest BCUT2D eigenvalue weighted by molar-refractivity contribution is 5.95. The molecule has 0 bridgehead atoms. The van der Waals surface area contributed by atoms with E-state index in [1.165, 1.54) is 20.2 Å². The van der Waals surface area contributed by atoms with Crippen LogP contribution in [0.15, 0.2) is 52.7 Å². The zero-order chi connectivity index (χ0) is 21.8. The molecule has 0 fully saturated rings. The van der Waals surface area contributed by atoms with E-state index in [1.807, 2.05) is 0 Å². The lowest BCUT2D eigenvalue weighted by molar-refractivity contribution is 0.0952. The van der Waals surface area contributed by atoms with E-state index in [0.29, 0.717) is 30.0 Å². The number of nitrogens with one attached hydrogen (secondary N) is 2. The number of carbonyl (C=O) groups is 2. The highest BCUT2D eigenvalue weighted by Crippen LogP contribution is 2.06. The van der Waals surface area contributed by atoms with Crippen LogP contribution in [0, 0.1) is 0 Å². The summed E-state index contributed by atoms with van der Waals surface area (Å²) in [5.74, 6) is 0.359. The average Bonchev–Trinajstić information content (AvgIpc) is 2.76. The van der Waals surface area contributed by atoms with Gasteiger partial charge in [-0.3, -0.25) is 15.0 Å². The van der Waals surface area contributed by atoms with E-state index in [-0.39, 0.29) is 17.7 Å². The fourth-order valence-corrected chi connectivity index (χ4v) is 2.36. The Morgan fingerprint density at radius 2 is 1.87 bits per heavy atom. The summed E-state index contributed by atoms with van der Waals surface area (Å²) >= 11 is 0. The number of amides is 1. The van der Waals surface area contributed by atoms with Crippen LogP contribution in [-0.2, 0) is 4.74 Å². The summed E-state index contributed by atoms with van der Waals surface area (Å²) in [6.07, 6.45) is 4.72. The van der Waals surface area contributed by atoms with Crippen molar-refractivity contribution in [3.63, 3.8) is 0 Å². The standard InChI is InChI=1S/C21H26N6O3/c1-15(28)18-9-10-19(25-14-18)27-26-13-16-5-7-17(8-6-16)20(29)23-11-3-4-12-24-21(22)30-2/h5-10,13-14H,3-4,11-12H2,1-2H3,(H2,22,24)(H,23,29)(H,25,27)/b26-13-. The van der Waals surface area contributed by atoms with Crippen LogP contribution in [0.25, 0.3) is 0 Å². The number of benzene rings is 1. The fraction of sp³-hybridized carbons (Fsp3) is 0.286. The number of carbonyl (C=O) groups excluding carboxylic acids is 2. The van der Waals surface area contributed by atoms with Gasteiger partial charge in [-0.05, 0) is 49.6 Å². The Morgan fingerprint density at radius 3 is 2.50 bits per heavy atom. The summed E-state index contributed by atoms with van der Waals surface area (Å²) < 4.78 is 4.75. The Morgan fingerprint density at radius 1 is 1.13 bits per heavy atom. The zero-order valence-corrected chi connectivity index (χ0v) is 17.1. The van der Waals surface area contributed by atoms with Crippen LogP contribution >= 0.6 is 0 Å². The third-order valence-electron chi connectivity index (χ3n) is 4.08. The molecule has 2 aromatic rings. The number of ketones is 1. The minimum absolute atomic E-state index is 0.0388. The largest absolute Gasteiger partial charge is 0.469 e. The third-order valence-corrected chi connectivity index (χ3v) is 4.08. The zero-order valence-electron chi connectivity index (χ0n) is 17.1. The lowest BCUT2D eigenvalue weighted by Crippen LogP contribution is -2.24. The van der Waals surface area contributed by atoms with Crippen molar-refractivity contribution in [2.75, 3.05) is 25.6 Å². The SMILES string of the molecule is COC(N)=NCCCCNC(=O)c1ccc(/C=N\Nc2ccc(C(C)=O)cn2)cc1. The maximum absolute atomic E-state index is 12.2. The highest BCUT2D eigenvalue weighted by atomic mass is 16.5. The molecule has 1 aromatic heterocycles. The van der Waals surface area contributed by atoms with Gasteiger partial charge in [-0.2, -0.15) is 5.10 Å². The Labute approximate surface area is 175 Å². The summed E-state index contributed by atoms with van der Waals surface area (Å²) in [5.41, 5.74) is 10.2. The van der Waals surface area contributed by atoms with Gasteiger partial charge in [0.05, 0.1) is 13.3 Å². The summed E-state index contributed by atoms with van der Waals surface area (Å²) in [5, 5.41) is 6.98. The number of rotatable bonds is 10. The molecule has 4 N–H and O–H groups in total. The number of amidine groups is 1. The number of methoxy groups -OCH3 is 1. The second-order valence-corrected chi connectivity index (χ2v) is 6.37. The van der Waals surface area contributed by atoms with Crippen molar-refractivity contribution in [3.05, 3.63) is 59.3 Å². The molecule has 158 valence electrons. The van der Waals surface area contributed by atoms with Crippen molar-refractivity contribution < 1.29 is 14.3 Å². The van der Waals surface area contributed by atoms with Crippen molar-refractivity contribution in [1.29, 1.82) is 0 Å². The monoisotopic (exact) mass is 410 g/mol. The molecule has 1 aromatic carbocycles. The Bertz CT molecular complexity index is 892. The number of anilines is 1. The number of ether oxygens (including phenoxy) is 1. The Balaban J connectivity index is 1.75. The van der Waals surface area contributed by atoms with Crippen LogP contribution in [0.1, 0.15) is 46.0 Å². The van der Waals surface area contributed by atoms with Crippen molar-refractivity contribution in [2.45, 2.75) is 19.8 Å². The normalized spacial score (nSPS) is 11.3. The molecule has 0 spiro atoms. The molecule has 0 aliphatic carbocycles. The minimum atomic E-state index is -0.133. The lowest BCUT2D eigenvalue weighted by Gasteiger charge is -2.05. The van der Waals surface area contributed by atoms with Crippen LogP contribution in [-0.4, -0.2) is 49.1 Å². The highest BCUT2D eigenvalue weighted by Gasteiger charge is 2.04. The van der Waals surface area contributed by atoms with Gasteiger partial charge in [0.15, 0.2) is 5.78 Å². The number of nitrogens with zero attached hydrogens (tertiary/aromatic N) is 3. The summed E-state index contributed by atoms with van der Waals surface area (Å²) in [4.78, 5) is 31.5. The number of hydrazone groups is 1. The van der Waals surface area contributed by atoms with Gasteiger partial charge in [-0.15, -0.1) is 0 Å². The molecule has 0 saturated heterocycles.